The summed E-state index contributed by atoms with van der Waals surface area (Å²) >= 11 is 6.91. The molecule has 14 heavy (non-hydrogen) atoms. The lowest BCUT2D eigenvalue weighted by atomic mass is 10.4. The second-order valence-corrected chi connectivity index (χ2v) is 3.74. The van der Waals surface area contributed by atoms with Gasteiger partial charge in [-0.25, -0.2) is 0 Å². The van der Waals surface area contributed by atoms with Gasteiger partial charge in [-0.05, 0) is 6.92 Å². The van der Waals surface area contributed by atoms with Gasteiger partial charge in [0.2, 0.25) is 11.9 Å². The zero-order valence-corrected chi connectivity index (χ0v) is 9.14. The normalized spacial score (nSPS) is 11.7. The highest BCUT2D eigenvalue weighted by atomic mass is 35.5. The van der Waals surface area contributed by atoms with Crippen molar-refractivity contribution in [1.29, 1.82) is 0 Å². The van der Waals surface area contributed by atoms with Gasteiger partial charge in [0.25, 0.3) is 0 Å². The molecule has 0 radical (unpaired) electrons. The number of nitrogens with zero attached hydrogens (tertiary/aromatic N) is 3. The van der Waals surface area contributed by atoms with E-state index in [1.54, 1.807) is 0 Å². The molecular formula is C7H10ClN5S. The van der Waals surface area contributed by atoms with Gasteiger partial charge < -0.3 is 11.5 Å². The third-order valence-corrected chi connectivity index (χ3v) is 2.68. The third kappa shape index (κ3) is 3.39. The van der Waals surface area contributed by atoms with Gasteiger partial charge in [0, 0.05) is 11.3 Å². The van der Waals surface area contributed by atoms with E-state index in [9.17, 15) is 0 Å². The molecule has 0 aliphatic heterocycles. The number of rotatable bonds is 3. The average molecular weight is 232 g/mol. The predicted octanol–water partition coefficient (Wildman–Crippen LogP) is 1.27. The first-order valence-corrected chi connectivity index (χ1v) is 5.19. The van der Waals surface area contributed by atoms with Crippen molar-refractivity contribution in [3.8, 4) is 0 Å². The fraction of sp³-hybridized carbons (Fsp3) is 0.286. The van der Waals surface area contributed by atoms with Crippen molar-refractivity contribution in [3.63, 3.8) is 0 Å². The molecule has 1 aromatic heterocycles. The standard InChI is InChI=1S/C7H10ClN5S/c1-4(2-8)3-14-7-12-5(9)11-6(10)13-7/h2H,3H2,1H3,(H4,9,10,11,12,13)/b4-2+. The van der Waals surface area contributed by atoms with Crippen LogP contribution < -0.4 is 11.5 Å². The number of halogens is 1. The maximum Gasteiger partial charge on any atom is 0.225 e. The van der Waals surface area contributed by atoms with Crippen molar-refractivity contribution in [2.45, 2.75) is 12.1 Å². The number of anilines is 2. The van der Waals surface area contributed by atoms with E-state index in [0.29, 0.717) is 10.9 Å². The van der Waals surface area contributed by atoms with Gasteiger partial charge >= 0.3 is 0 Å². The van der Waals surface area contributed by atoms with Crippen LogP contribution in [0.1, 0.15) is 6.92 Å². The summed E-state index contributed by atoms with van der Waals surface area (Å²) in [7, 11) is 0. The molecule has 0 saturated carbocycles. The molecule has 0 atom stereocenters. The fourth-order valence-electron chi connectivity index (χ4n) is 0.663. The Hall–Kier alpha value is -1.01. The predicted molar refractivity (Wildman–Crippen MR) is 59.0 cm³/mol. The number of aromatic nitrogens is 3. The summed E-state index contributed by atoms with van der Waals surface area (Å²) in [4.78, 5) is 11.5. The molecule has 5 nitrogen and oxygen atoms in total. The smallest absolute Gasteiger partial charge is 0.225 e. The maximum absolute atomic E-state index is 5.50. The minimum atomic E-state index is 0.132. The lowest BCUT2D eigenvalue weighted by molar-refractivity contribution is 0.930. The summed E-state index contributed by atoms with van der Waals surface area (Å²) in [5, 5.41) is 0.507. The first-order valence-electron chi connectivity index (χ1n) is 3.77. The molecule has 0 spiro atoms. The Balaban J connectivity index is 2.67. The van der Waals surface area contributed by atoms with E-state index in [2.05, 4.69) is 15.0 Å². The van der Waals surface area contributed by atoms with Crippen LogP contribution in [0.5, 0.6) is 0 Å². The van der Waals surface area contributed by atoms with Crippen LogP contribution in [0.4, 0.5) is 11.9 Å². The number of thioether (sulfide) groups is 1. The van der Waals surface area contributed by atoms with Crippen LogP contribution in [0.25, 0.3) is 0 Å². The monoisotopic (exact) mass is 231 g/mol. The summed E-state index contributed by atoms with van der Waals surface area (Å²) in [5.74, 6) is 0.965. The highest BCUT2D eigenvalue weighted by molar-refractivity contribution is 7.99. The second kappa shape index (κ2) is 5.02. The van der Waals surface area contributed by atoms with Gasteiger partial charge in [-0.15, -0.1) is 0 Å². The summed E-state index contributed by atoms with van der Waals surface area (Å²) in [6.45, 7) is 1.91. The van der Waals surface area contributed by atoms with Crippen molar-refractivity contribution in [1.82, 2.24) is 15.0 Å². The molecule has 1 rings (SSSR count). The molecule has 4 N–H and O–H groups in total. The quantitative estimate of drug-likeness (QED) is 0.762. The summed E-state index contributed by atoms with van der Waals surface area (Å²) in [5.41, 5.74) is 13.3. The molecule has 0 aromatic carbocycles. The Morgan fingerprint density at radius 1 is 1.36 bits per heavy atom. The fourth-order valence-corrected chi connectivity index (χ4v) is 1.59. The molecule has 1 aromatic rings. The number of hydrogen-bond donors (Lipinski definition) is 2. The Morgan fingerprint density at radius 3 is 2.43 bits per heavy atom. The molecule has 0 aliphatic carbocycles. The molecule has 0 aliphatic rings. The lowest BCUT2D eigenvalue weighted by Crippen LogP contribution is -2.03. The van der Waals surface area contributed by atoms with Gasteiger partial charge in [0.1, 0.15) is 0 Å². The maximum atomic E-state index is 5.50. The Morgan fingerprint density at radius 2 is 1.93 bits per heavy atom. The SMILES string of the molecule is C/C(=C\Cl)CSc1nc(N)nc(N)n1. The molecule has 7 heteroatoms. The number of nitrogen functional groups attached to an aromatic ring is 2. The lowest BCUT2D eigenvalue weighted by Gasteiger charge is -2.01. The van der Waals surface area contributed by atoms with Crippen molar-refractivity contribution < 1.29 is 0 Å². The van der Waals surface area contributed by atoms with Crippen molar-refractivity contribution in [2.24, 2.45) is 0 Å². The Kier molecular flexibility index (Phi) is 3.97. The van der Waals surface area contributed by atoms with E-state index in [1.165, 1.54) is 17.3 Å². The Bertz CT molecular complexity index is 334. The molecule has 0 bridgehead atoms. The Labute approximate surface area is 91.0 Å². The number of nitrogens with two attached hydrogens (primary N) is 2. The number of hydrogen-bond acceptors (Lipinski definition) is 6. The van der Waals surface area contributed by atoms with E-state index in [1.807, 2.05) is 6.92 Å². The van der Waals surface area contributed by atoms with E-state index in [-0.39, 0.29) is 11.9 Å². The summed E-state index contributed by atoms with van der Waals surface area (Å²) < 4.78 is 0. The average Bonchev–Trinajstić information content (AvgIpc) is 2.12. The van der Waals surface area contributed by atoms with Crippen LogP contribution >= 0.6 is 23.4 Å². The zero-order valence-electron chi connectivity index (χ0n) is 7.57. The van der Waals surface area contributed by atoms with Gasteiger partial charge in [0.05, 0.1) is 0 Å². The van der Waals surface area contributed by atoms with E-state index in [0.717, 1.165) is 5.57 Å². The molecule has 0 saturated heterocycles. The first-order chi connectivity index (χ1) is 6.61. The molecule has 0 amide bonds. The van der Waals surface area contributed by atoms with E-state index >= 15 is 0 Å². The van der Waals surface area contributed by atoms with Crippen LogP contribution in [0.15, 0.2) is 16.3 Å². The van der Waals surface area contributed by atoms with Gasteiger partial charge in [-0.1, -0.05) is 28.9 Å². The first kappa shape index (κ1) is 11.1. The zero-order chi connectivity index (χ0) is 10.6. The molecule has 0 unspecified atom stereocenters. The van der Waals surface area contributed by atoms with E-state index < -0.39 is 0 Å². The van der Waals surface area contributed by atoms with Crippen LogP contribution in [0.3, 0.4) is 0 Å². The molecular weight excluding hydrogens is 222 g/mol. The van der Waals surface area contributed by atoms with Crippen molar-refractivity contribution >= 4 is 35.3 Å². The van der Waals surface area contributed by atoms with Gasteiger partial charge in [-0.2, -0.15) is 15.0 Å². The van der Waals surface area contributed by atoms with Crippen LogP contribution in [0.2, 0.25) is 0 Å². The highest BCUT2D eigenvalue weighted by Crippen LogP contribution is 2.17. The molecule has 0 fully saturated rings. The molecule has 76 valence electrons. The highest BCUT2D eigenvalue weighted by Gasteiger charge is 2.02. The topological polar surface area (TPSA) is 90.7 Å². The summed E-state index contributed by atoms with van der Waals surface area (Å²) in [6, 6.07) is 0. The minimum Gasteiger partial charge on any atom is -0.368 e. The van der Waals surface area contributed by atoms with Crippen LogP contribution in [-0.4, -0.2) is 20.7 Å². The van der Waals surface area contributed by atoms with Gasteiger partial charge in [0.15, 0.2) is 5.16 Å². The van der Waals surface area contributed by atoms with Crippen LogP contribution in [0, 0.1) is 0 Å². The third-order valence-electron chi connectivity index (χ3n) is 1.26. The van der Waals surface area contributed by atoms with Crippen LogP contribution in [-0.2, 0) is 0 Å². The minimum absolute atomic E-state index is 0.132. The summed E-state index contributed by atoms with van der Waals surface area (Å²) in [6.07, 6.45) is 0. The van der Waals surface area contributed by atoms with E-state index in [4.69, 9.17) is 23.1 Å². The van der Waals surface area contributed by atoms with Crippen molar-refractivity contribution in [2.75, 3.05) is 17.2 Å². The molecule has 1 heterocycles. The van der Waals surface area contributed by atoms with Gasteiger partial charge in [-0.3, -0.25) is 0 Å². The largest absolute Gasteiger partial charge is 0.368 e. The van der Waals surface area contributed by atoms with Crippen molar-refractivity contribution in [3.05, 3.63) is 11.1 Å². The second-order valence-electron chi connectivity index (χ2n) is 2.58.